The molecular weight excluding hydrogens is 358 g/mol. The summed E-state index contributed by atoms with van der Waals surface area (Å²) >= 11 is 0. The number of amides is 1. The van der Waals surface area contributed by atoms with Gasteiger partial charge in [-0.05, 0) is 17.7 Å². The highest BCUT2D eigenvalue weighted by atomic mass is 16.2. The van der Waals surface area contributed by atoms with Gasteiger partial charge >= 0.3 is 5.69 Å². The molecule has 140 valence electrons. The molecule has 0 radical (unpaired) electrons. The Bertz CT molecular complexity index is 1250. The van der Waals surface area contributed by atoms with Crippen molar-refractivity contribution in [1.82, 2.24) is 19.1 Å². The van der Waals surface area contributed by atoms with Gasteiger partial charge in [0.2, 0.25) is 11.9 Å². The fourth-order valence-corrected chi connectivity index (χ4v) is 2.99. The van der Waals surface area contributed by atoms with Crippen LogP contribution in [-0.2, 0) is 17.9 Å². The molecule has 0 unspecified atom stereocenters. The first-order chi connectivity index (χ1) is 13.6. The van der Waals surface area contributed by atoms with Crippen molar-refractivity contribution in [2.24, 2.45) is 0 Å². The van der Waals surface area contributed by atoms with Crippen LogP contribution in [0, 0.1) is 0 Å². The van der Waals surface area contributed by atoms with Gasteiger partial charge < -0.3 is 9.55 Å². The second kappa shape index (κ2) is 7.36. The van der Waals surface area contributed by atoms with Gasteiger partial charge in [0.25, 0.3) is 5.56 Å². The number of imidazole rings is 1. The average Bonchev–Trinajstić information content (AvgIpc) is 3.12. The molecule has 2 aromatic carbocycles. The number of fused-ring (bicyclic) bond motifs is 1. The van der Waals surface area contributed by atoms with E-state index in [0.717, 1.165) is 10.1 Å². The van der Waals surface area contributed by atoms with Gasteiger partial charge in [0.05, 0.1) is 17.4 Å². The number of nitrogens with one attached hydrogen (secondary N) is 2. The van der Waals surface area contributed by atoms with Crippen LogP contribution in [0.25, 0.3) is 10.9 Å². The molecule has 0 spiro atoms. The maximum atomic E-state index is 12.5. The minimum atomic E-state index is -0.633. The van der Waals surface area contributed by atoms with E-state index in [1.807, 2.05) is 30.3 Å². The van der Waals surface area contributed by atoms with Crippen LogP contribution in [0.3, 0.4) is 0 Å². The molecule has 28 heavy (non-hydrogen) atoms. The summed E-state index contributed by atoms with van der Waals surface area (Å²) in [6, 6.07) is 16.4. The molecule has 0 aliphatic carbocycles. The number of H-pyrrole nitrogens is 1. The highest BCUT2D eigenvalue weighted by molar-refractivity contribution is 5.89. The van der Waals surface area contributed by atoms with Crippen molar-refractivity contribution in [2.75, 3.05) is 5.32 Å². The summed E-state index contributed by atoms with van der Waals surface area (Å²) in [6.07, 6.45) is 3.32. The first-order valence-electron chi connectivity index (χ1n) is 8.68. The van der Waals surface area contributed by atoms with Crippen molar-refractivity contribution in [3.05, 3.63) is 93.4 Å². The summed E-state index contributed by atoms with van der Waals surface area (Å²) in [6.45, 7) is 0.129. The first-order valence-corrected chi connectivity index (χ1v) is 8.68. The lowest BCUT2D eigenvalue weighted by Crippen LogP contribution is -2.38. The van der Waals surface area contributed by atoms with Crippen molar-refractivity contribution in [3.63, 3.8) is 0 Å². The lowest BCUT2D eigenvalue weighted by molar-refractivity contribution is -0.116. The number of anilines is 1. The van der Waals surface area contributed by atoms with Crippen molar-refractivity contribution in [1.29, 1.82) is 0 Å². The van der Waals surface area contributed by atoms with Crippen LogP contribution in [-0.4, -0.2) is 25.0 Å². The molecule has 0 saturated heterocycles. The van der Waals surface area contributed by atoms with Crippen molar-refractivity contribution < 1.29 is 4.79 Å². The number of para-hydroxylation sites is 1. The molecule has 0 atom stereocenters. The minimum Gasteiger partial charge on any atom is -0.313 e. The zero-order valence-corrected chi connectivity index (χ0v) is 14.8. The fraction of sp³-hybridized carbons (Fsp3) is 0.100. The molecule has 8 heteroatoms. The molecule has 0 fully saturated rings. The molecule has 0 aliphatic heterocycles. The summed E-state index contributed by atoms with van der Waals surface area (Å²) in [5, 5.41) is 3.01. The van der Waals surface area contributed by atoms with Crippen molar-refractivity contribution in [3.8, 4) is 0 Å². The van der Waals surface area contributed by atoms with Crippen LogP contribution in [0.2, 0.25) is 0 Å². The summed E-state index contributed by atoms with van der Waals surface area (Å²) in [4.78, 5) is 44.0. The van der Waals surface area contributed by atoms with E-state index >= 15 is 0 Å². The van der Waals surface area contributed by atoms with Crippen LogP contribution >= 0.6 is 0 Å². The Balaban J connectivity index is 1.55. The lowest BCUT2D eigenvalue weighted by Gasteiger charge is -2.10. The summed E-state index contributed by atoms with van der Waals surface area (Å²) in [5.41, 5.74) is 0.347. The number of aromatic amines is 1. The molecule has 2 aromatic heterocycles. The quantitative estimate of drug-likeness (QED) is 0.553. The van der Waals surface area contributed by atoms with Gasteiger partial charge in [-0.1, -0.05) is 42.5 Å². The number of carbonyl (C=O) groups is 1. The Hall–Kier alpha value is -3.94. The van der Waals surface area contributed by atoms with Crippen molar-refractivity contribution in [2.45, 2.75) is 13.1 Å². The summed E-state index contributed by atoms with van der Waals surface area (Å²) < 4.78 is 2.66. The van der Waals surface area contributed by atoms with E-state index in [0.29, 0.717) is 23.4 Å². The second-order valence-corrected chi connectivity index (χ2v) is 6.28. The summed E-state index contributed by atoms with van der Waals surface area (Å²) in [7, 11) is 0. The van der Waals surface area contributed by atoms with E-state index in [1.54, 1.807) is 41.2 Å². The Morgan fingerprint density at radius 1 is 1.04 bits per heavy atom. The van der Waals surface area contributed by atoms with Crippen LogP contribution in [0.4, 0.5) is 5.95 Å². The number of carbonyl (C=O) groups excluding carboxylic acids is 1. The Morgan fingerprint density at radius 2 is 1.79 bits per heavy atom. The van der Waals surface area contributed by atoms with Gasteiger partial charge in [-0.2, -0.15) is 0 Å². The molecule has 4 rings (SSSR count). The van der Waals surface area contributed by atoms with Crippen molar-refractivity contribution >= 4 is 22.8 Å². The Morgan fingerprint density at radius 3 is 2.61 bits per heavy atom. The third kappa shape index (κ3) is 3.48. The predicted octanol–water partition coefficient (Wildman–Crippen LogP) is 1.57. The number of hydrogen-bond acceptors (Lipinski definition) is 4. The topological polar surface area (TPSA) is 102 Å². The van der Waals surface area contributed by atoms with Crippen LogP contribution in [0.15, 0.2) is 76.6 Å². The third-order valence-electron chi connectivity index (χ3n) is 4.35. The molecule has 1 amide bonds. The lowest BCUT2D eigenvalue weighted by atomic mass is 10.2. The number of hydrogen-bond donors (Lipinski definition) is 2. The monoisotopic (exact) mass is 375 g/mol. The average molecular weight is 375 g/mol. The molecule has 2 heterocycles. The van der Waals surface area contributed by atoms with Crippen LogP contribution in [0.5, 0.6) is 0 Å². The van der Waals surface area contributed by atoms with Gasteiger partial charge in [0.1, 0.15) is 6.54 Å². The number of rotatable bonds is 5. The molecule has 4 aromatic rings. The van der Waals surface area contributed by atoms with Crippen LogP contribution in [0.1, 0.15) is 5.56 Å². The number of nitrogens with zero attached hydrogens (tertiary/aromatic N) is 3. The van der Waals surface area contributed by atoms with E-state index in [1.165, 1.54) is 0 Å². The van der Waals surface area contributed by atoms with E-state index in [-0.39, 0.29) is 0 Å². The standard InChI is InChI=1S/C20H17N5O3/c26-17(13-25-18(27)15-8-4-5-9-16(15)22-20(25)28)23-19-21-10-11-24(19)12-14-6-2-1-3-7-14/h1-11H,12-13H2,(H,22,28)(H,21,23,26). The van der Waals surface area contributed by atoms with E-state index in [4.69, 9.17) is 0 Å². The molecule has 0 aliphatic rings. The molecule has 8 nitrogen and oxygen atoms in total. The number of aromatic nitrogens is 4. The highest BCUT2D eigenvalue weighted by Gasteiger charge is 2.13. The minimum absolute atomic E-state index is 0.346. The molecule has 2 N–H and O–H groups in total. The Labute approximate surface area is 159 Å². The molecule has 0 saturated carbocycles. The zero-order valence-electron chi connectivity index (χ0n) is 14.8. The van der Waals surface area contributed by atoms with Gasteiger partial charge in [-0.15, -0.1) is 0 Å². The van der Waals surface area contributed by atoms with E-state index in [2.05, 4.69) is 15.3 Å². The largest absolute Gasteiger partial charge is 0.329 e. The second-order valence-electron chi connectivity index (χ2n) is 6.28. The zero-order chi connectivity index (χ0) is 19.5. The fourth-order valence-electron chi connectivity index (χ4n) is 2.99. The van der Waals surface area contributed by atoms with E-state index < -0.39 is 23.7 Å². The first kappa shape index (κ1) is 17.5. The maximum absolute atomic E-state index is 12.5. The van der Waals surface area contributed by atoms with Gasteiger partial charge in [-0.3, -0.25) is 19.5 Å². The SMILES string of the molecule is O=C(Cn1c(=O)[nH]c2ccccc2c1=O)Nc1nccn1Cc1ccccc1. The van der Waals surface area contributed by atoms with E-state index in [9.17, 15) is 14.4 Å². The third-order valence-corrected chi connectivity index (χ3v) is 4.35. The Kier molecular flexibility index (Phi) is 4.59. The summed E-state index contributed by atoms with van der Waals surface area (Å²) in [5.74, 6) is -0.164. The van der Waals surface area contributed by atoms with Gasteiger partial charge in [0, 0.05) is 12.4 Å². The maximum Gasteiger partial charge on any atom is 0.329 e. The predicted molar refractivity (Wildman–Crippen MR) is 105 cm³/mol. The van der Waals surface area contributed by atoms with Gasteiger partial charge in [0.15, 0.2) is 0 Å². The normalized spacial score (nSPS) is 10.9. The van der Waals surface area contributed by atoms with Crippen LogP contribution < -0.4 is 16.6 Å². The number of benzene rings is 2. The molecular formula is C20H17N5O3. The molecule has 0 bridgehead atoms. The smallest absolute Gasteiger partial charge is 0.313 e. The highest BCUT2D eigenvalue weighted by Crippen LogP contribution is 2.09. The van der Waals surface area contributed by atoms with Gasteiger partial charge in [-0.25, -0.2) is 9.78 Å².